The van der Waals surface area contributed by atoms with E-state index in [-0.39, 0.29) is 27.6 Å². The van der Waals surface area contributed by atoms with Crippen LogP contribution in [0.3, 0.4) is 0 Å². The maximum Gasteiger partial charge on any atom is 0.338 e. The molecule has 1 aromatic heterocycles. The summed E-state index contributed by atoms with van der Waals surface area (Å²) in [5, 5.41) is 11.5. The molecule has 0 N–H and O–H groups in total. The monoisotopic (exact) mass is 601 g/mol. The second kappa shape index (κ2) is 10.9. The van der Waals surface area contributed by atoms with E-state index in [1.165, 1.54) is 30.9 Å². The van der Waals surface area contributed by atoms with E-state index in [9.17, 15) is 19.7 Å². The molecule has 12 heteroatoms. The first-order valence-electron chi connectivity index (χ1n) is 11.4. The summed E-state index contributed by atoms with van der Waals surface area (Å²) in [6, 6.07) is 8.88. The molecule has 38 heavy (non-hydrogen) atoms. The van der Waals surface area contributed by atoms with Crippen molar-refractivity contribution in [2.75, 3.05) is 14.2 Å². The van der Waals surface area contributed by atoms with Gasteiger partial charge in [-0.3, -0.25) is 19.5 Å². The molecule has 2 heterocycles. The van der Waals surface area contributed by atoms with Crippen molar-refractivity contribution < 1.29 is 23.9 Å². The first-order valence-corrected chi connectivity index (χ1v) is 13.1. The van der Waals surface area contributed by atoms with Crippen LogP contribution in [0.5, 0.6) is 11.5 Å². The number of carbonyl (C=O) groups excluding carboxylic acids is 1. The SMILES string of the molecule is COc1ccc(Br)cc1[C@@H]1C(C(=O)OC(C)C)=C(C)N=c2s/c(=C\c3ccc(OC)c([N+](=O)[O-])c3)c(=O)n21. The predicted octanol–water partition coefficient (Wildman–Crippen LogP) is 3.87. The fourth-order valence-electron chi connectivity index (χ4n) is 4.16. The molecule has 0 bridgehead atoms. The molecule has 1 aliphatic heterocycles. The molecule has 0 saturated heterocycles. The smallest absolute Gasteiger partial charge is 0.338 e. The van der Waals surface area contributed by atoms with Gasteiger partial charge in [-0.05, 0) is 56.7 Å². The summed E-state index contributed by atoms with van der Waals surface area (Å²) in [6.07, 6.45) is 1.17. The van der Waals surface area contributed by atoms with Gasteiger partial charge in [-0.2, -0.15) is 0 Å². The van der Waals surface area contributed by atoms with Crippen LogP contribution in [0.15, 0.2) is 61.9 Å². The highest BCUT2D eigenvalue weighted by molar-refractivity contribution is 9.10. The largest absolute Gasteiger partial charge is 0.496 e. The average Bonchev–Trinajstić information content (AvgIpc) is 3.16. The summed E-state index contributed by atoms with van der Waals surface area (Å²) in [6.45, 7) is 5.18. The van der Waals surface area contributed by atoms with Crippen LogP contribution < -0.4 is 24.4 Å². The number of methoxy groups -OCH3 is 2. The van der Waals surface area contributed by atoms with E-state index in [1.54, 1.807) is 51.1 Å². The number of ether oxygens (including phenoxy) is 3. The maximum atomic E-state index is 13.8. The Hall–Kier alpha value is -3.77. The van der Waals surface area contributed by atoms with E-state index in [2.05, 4.69) is 20.9 Å². The number of allylic oxidation sites excluding steroid dienone is 1. The van der Waals surface area contributed by atoms with E-state index in [4.69, 9.17) is 14.2 Å². The van der Waals surface area contributed by atoms with Crippen LogP contribution in [0, 0.1) is 10.1 Å². The topological polar surface area (TPSA) is 122 Å². The molecule has 0 spiro atoms. The highest BCUT2D eigenvalue weighted by Crippen LogP contribution is 2.37. The fraction of sp³-hybridized carbons (Fsp3) is 0.269. The Bertz CT molecular complexity index is 1660. The fourth-order valence-corrected chi connectivity index (χ4v) is 5.59. The predicted molar refractivity (Wildman–Crippen MR) is 145 cm³/mol. The molecule has 0 saturated carbocycles. The molecular weight excluding hydrogens is 578 g/mol. The Morgan fingerprint density at radius 1 is 1.18 bits per heavy atom. The first kappa shape index (κ1) is 27.3. The first-order chi connectivity index (χ1) is 18.0. The number of nitro groups is 1. The van der Waals surface area contributed by atoms with Gasteiger partial charge in [-0.1, -0.05) is 33.3 Å². The highest BCUT2D eigenvalue weighted by Gasteiger charge is 2.35. The number of nitrogens with zero attached hydrogens (tertiary/aromatic N) is 3. The standard InChI is InChI=1S/C26H24BrN3O7S/c1-13(2)37-25(32)22-14(3)28-26-29(23(22)17-12-16(27)7-9-19(17)35-4)24(31)21(38-26)11-15-6-8-20(36-5)18(10-15)30(33)34/h6-13,23H,1-5H3/b21-11-/t23-/m1/s1. The van der Waals surface area contributed by atoms with Gasteiger partial charge in [0.1, 0.15) is 11.8 Å². The summed E-state index contributed by atoms with van der Waals surface area (Å²) in [5.41, 5.74) is 1.00. The van der Waals surface area contributed by atoms with Gasteiger partial charge < -0.3 is 14.2 Å². The van der Waals surface area contributed by atoms with Crippen molar-refractivity contribution >= 4 is 45.0 Å². The van der Waals surface area contributed by atoms with Gasteiger partial charge in [-0.25, -0.2) is 9.79 Å². The van der Waals surface area contributed by atoms with Gasteiger partial charge in [0, 0.05) is 16.1 Å². The lowest BCUT2D eigenvalue weighted by Crippen LogP contribution is -2.40. The molecule has 3 aromatic rings. The molecule has 0 radical (unpaired) electrons. The Kier molecular flexibility index (Phi) is 7.83. The lowest BCUT2D eigenvalue weighted by molar-refractivity contribution is -0.385. The zero-order valence-electron chi connectivity index (χ0n) is 21.2. The van der Waals surface area contributed by atoms with Crippen LogP contribution in [0.4, 0.5) is 5.69 Å². The minimum Gasteiger partial charge on any atom is -0.496 e. The molecule has 10 nitrogen and oxygen atoms in total. The number of carbonyl (C=O) groups is 1. The molecule has 0 fully saturated rings. The van der Waals surface area contributed by atoms with Crippen molar-refractivity contribution in [1.82, 2.24) is 4.57 Å². The molecule has 0 unspecified atom stereocenters. The van der Waals surface area contributed by atoms with Crippen molar-refractivity contribution in [3.05, 3.63) is 93.1 Å². The van der Waals surface area contributed by atoms with Crippen molar-refractivity contribution in [3.8, 4) is 11.5 Å². The number of rotatable bonds is 7. The van der Waals surface area contributed by atoms with Crippen LogP contribution in [0.1, 0.15) is 37.9 Å². The highest BCUT2D eigenvalue weighted by atomic mass is 79.9. The van der Waals surface area contributed by atoms with E-state index in [0.29, 0.717) is 27.4 Å². The number of halogens is 1. The Morgan fingerprint density at radius 2 is 1.87 bits per heavy atom. The summed E-state index contributed by atoms with van der Waals surface area (Å²) >= 11 is 4.59. The van der Waals surface area contributed by atoms with E-state index >= 15 is 0 Å². The lowest BCUT2D eigenvalue weighted by Gasteiger charge is -2.26. The van der Waals surface area contributed by atoms with E-state index < -0.39 is 22.5 Å². The van der Waals surface area contributed by atoms with E-state index in [0.717, 1.165) is 15.8 Å². The van der Waals surface area contributed by atoms with Crippen LogP contribution in [0.25, 0.3) is 6.08 Å². The molecule has 1 aliphatic rings. The van der Waals surface area contributed by atoms with Gasteiger partial charge in [-0.15, -0.1) is 0 Å². The van der Waals surface area contributed by atoms with Crippen molar-refractivity contribution in [2.45, 2.75) is 32.9 Å². The molecule has 4 rings (SSSR count). The molecule has 0 amide bonds. The number of aromatic nitrogens is 1. The maximum absolute atomic E-state index is 13.8. The van der Waals surface area contributed by atoms with Crippen molar-refractivity contribution in [1.29, 1.82) is 0 Å². The lowest BCUT2D eigenvalue weighted by atomic mass is 9.95. The zero-order valence-corrected chi connectivity index (χ0v) is 23.6. The molecular formula is C26H24BrN3O7S. The Labute approximate surface area is 229 Å². The number of thiazole rings is 1. The van der Waals surface area contributed by atoms with Crippen LogP contribution in [-0.2, 0) is 9.53 Å². The van der Waals surface area contributed by atoms with Crippen molar-refractivity contribution in [3.63, 3.8) is 0 Å². The Balaban J connectivity index is 1.99. The van der Waals surface area contributed by atoms with Gasteiger partial charge >= 0.3 is 11.7 Å². The number of esters is 1. The summed E-state index contributed by atoms with van der Waals surface area (Å²) in [5.74, 6) is -0.00395. The summed E-state index contributed by atoms with van der Waals surface area (Å²) < 4.78 is 18.6. The van der Waals surface area contributed by atoms with Crippen LogP contribution in [0.2, 0.25) is 0 Å². The molecule has 1 atom stereocenters. The molecule has 0 aliphatic carbocycles. The third-order valence-electron chi connectivity index (χ3n) is 5.77. The quantitative estimate of drug-likeness (QED) is 0.229. The summed E-state index contributed by atoms with van der Waals surface area (Å²) in [7, 11) is 2.86. The number of nitro benzene ring substituents is 1. The average molecular weight is 602 g/mol. The minimum atomic E-state index is -0.877. The normalized spacial score (nSPS) is 15.2. The molecule has 198 valence electrons. The molecule has 2 aromatic carbocycles. The van der Waals surface area contributed by atoms with Gasteiger partial charge in [0.2, 0.25) is 0 Å². The third-order valence-corrected chi connectivity index (χ3v) is 7.24. The van der Waals surface area contributed by atoms with Crippen molar-refractivity contribution in [2.24, 2.45) is 4.99 Å². The Morgan fingerprint density at radius 3 is 2.50 bits per heavy atom. The number of hydrogen-bond donors (Lipinski definition) is 0. The van der Waals surface area contributed by atoms with E-state index in [1.807, 2.05) is 0 Å². The number of hydrogen-bond acceptors (Lipinski definition) is 9. The summed E-state index contributed by atoms with van der Waals surface area (Å²) in [4.78, 5) is 43.0. The minimum absolute atomic E-state index is 0.110. The number of benzene rings is 2. The van der Waals surface area contributed by atoms with Gasteiger partial charge in [0.25, 0.3) is 5.56 Å². The van der Waals surface area contributed by atoms with Crippen LogP contribution >= 0.6 is 27.3 Å². The number of fused-ring (bicyclic) bond motifs is 1. The van der Waals surface area contributed by atoms with Gasteiger partial charge in [0.05, 0.1) is 41.0 Å². The zero-order chi connectivity index (χ0) is 27.7. The van der Waals surface area contributed by atoms with Gasteiger partial charge in [0.15, 0.2) is 10.6 Å². The van der Waals surface area contributed by atoms with Crippen LogP contribution in [-0.4, -0.2) is 35.8 Å². The second-order valence-corrected chi connectivity index (χ2v) is 10.5. The second-order valence-electron chi connectivity index (χ2n) is 8.61. The third kappa shape index (κ3) is 5.14.